The largest absolute Gasteiger partial charge is 0.462 e. The van der Waals surface area contributed by atoms with Gasteiger partial charge in [-0.05, 0) is 52.9 Å². The number of alkyl halides is 6. The van der Waals surface area contributed by atoms with Gasteiger partial charge in [0.25, 0.3) is 6.10 Å². The average Bonchev–Trinajstić information content (AvgIpc) is 3.44. The van der Waals surface area contributed by atoms with E-state index in [0.29, 0.717) is 32.1 Å². The van der Waals surface area contributed by atoms with Crippen molar-refractivity contribution in [3.63, 3.8) is 0 Å². The summed E-state index contributed by atoms with van der Waals surface area (Å²) in [6.07, 6.45) is -20.6. The van der Waals surface area contributed by atoms with Crippen LogP contribution in [0.5, 0.6) is 0 Å². The van der Waals surface area contributed by atoms with E-state index >= 15 is 0 Å². The highest BCUT2D eigenvalue weighted by molar-refractivity contribution is 5.78. The number of fused-ring (bicyclic) bond motifs is 3. The molecule has 0 aromatic rings. The molecule has 0 N–H and O–H groups in total. The molecule has 0 bridgehead atoms. The maximum atomic E-state index is 12.7. The van der Waals surface area contributed by atoms with Gasteiger partial charge in [0, 0.05) is 0 Å². The molecule has 6 unspecified atom stereocenters. The fourth-order valence-electron chi connectivity index (χ4n) is 5.06. The van der Waals surface area contributed by atoms with E-state index in [1.807, 2.05) is 20.8 Å². The second-order valence-corrected chi connectivity index (χ2v) is 11.4. The fourth-order valence-corrected chi connectivity index (χ4v) is 5.06. The topological polar surface area (TPSA) is 116 Å². The van der Waals surface area contributed by atoms with Gasteiger partial charge in [-0.3, -0.25) is 9.59 Å². The van der Waals surface area contributed by atoms with Crippen LogP contribution < -0.4 is 0 Å². The van der Waals surface area contributed by atoms with Gasteiger partial charge < -0.3 is 33.2 Å². The Balaban J connectivity index is 1.29. The molecule has 6 atom stereocenters. The first-order chi connectivity index (χ1) is 18.8. The first-order valence-electron chi connectivity index (χ1n) is 13.2. The van der Waals surface area contributed by atoms with Crippen LogP contribution in [0.25, 0.3) is 0 Å². The molecule has 0 aromatic carbocycles. The zero-order valence-electron chi connectivity index (χ0n) is 22.7. The van der Waals surface area contributed by atoms with E-state index in [2.05, 4.69) is 4.74 Å². The first kappa shape index (κ1) is 31.8. The minimum Gasteiger partial charge on any atom is -0.462 e. The molecule has 4 fully saturated rings. The summed E-state index contributed by atoms with van der Waals surface area (Å²) >= 11 is 0. The Bertz CT molecular complexity index is 994. The quantitative estimate of drug-likeness (QED) is 0.229. The SMILES string of the molecule is CCC(C)(C)C(=O)OC1CCC(OC2C(=O)OC3C4OC(C)(CC(=O)OC(C(F)(F)F)C(F)(F)F)OC4OC23)CC1. The molecule has 3 aliphatic heterocycles. The van der Waals surface area contributed by atoms with Crippen molar-refractivity contribution < 1.29 is 73.9 Å². The van der Waals surface area contributed by atoms with E-state index in [1.54, 1.807) is 0 Å². The van der Waals surface area contributed by atoms with Crippen LogP contribution in [0, 0.1) is 5.41 Å². The monoisotopic (exact) mass is 606 g/mol. The smallest absolute Gasteiger partial charge is 0.434 e. The number of esters is 3. The summed E-state index contributed by atoms with van der Waals surface area (Å²) in [7, 11) is 0. The van der Waals surface area contributed by atoms with Gasteiger partial charge in [0.2, 0.25) is 0 Å². The standard InChI is InChI=1S/C25H32F6O10/c1-5-22(2,3)21(34)36-12-8-6-11(7-9-12)35-16-14-15(38-18(16)33)17-19(39-14)41-23(4,40-17)10-13(32)37-20(24(26,27)28)25(29,30)31/h11-12,14-17,19-20H,5-10H2,1-4H3. The lowest BCUT2D eigenvalue weighted by Gasteiger charge is -2.32. The molecule has 0 aromatic heterocycles. The summed E-state index contributed by atoms with van der Waals surface area (Å²) < 4.78 is 114. The third-order valence-corrected chi connectivity index (χ3v) is 7.72. The van der Waals surface area contributed by atoms with Crippen molar-refractivity contribution in [2.75, 3.05) is 0 Å². The zero-order chi connectivity index (χ0) is 30.5. The van der Waals surface area contributed by atoms with Crippen LogP contribution in [0.4, 0.5) is 26.3 Å². The number of carbonyl (C=O) groups excluding carboxylic acids is 3. The molecule has 1 saturated carbocycles. The van der Waals surface area contributed by atoms with Crippen LogP contribution in [0.15, 0.2) is 0 Å². The average molecular weight is 607 g/mol. The molecule has 16 heteroatoms. The van der Waals surface area contributed by atoms with Crippen LogP contribution in [-0.2, 0) is 47.5 Å². The lowest BCUT2D eigenvalue weighted by Crippen LogP contribution is -2.46. The van der Waals surface area contributed by atoms with Crippen molar-refractivity contribution in [1.82, 2.24) is 0 Å². The third-order valence-electron chi connectivity index (χ3n) is 7.72. The Morgan fingerprint density at radius 1 is 0.951 bits per heavy atom. The fraction of sp³-hybridized carbons (Fsp3) is 0.880. The lowest BCUT2D eigenvalue weighted by atomic mass is 9.90. The van der Waals surface area contributed by atoms with Gasteiger partial charge in [-0.15, -0.1) is 0 Å². The van der Waals surface area contributed by atoms with E-state index in [1.165, 1.54) is 0 Å². The molecular formula is C25H32F6O10. The molecule has 0 spiro atoms. The minimum atomic E-state index is -5.87. The van der Waals surface area contributed by atoms with Crippen LogP contribution >= 0.6 is 0 Å². The molecule has 234 valence electrons. The van der Waals surface area contributed by atoms with Gasteiger partial charge in [0.05, 0.1) is 17.9 Å². The Kier molecular flexibility index (Phi) is 8.64. The molecule has 4 aliphatic rings. The molecule has 0 amide bonds. The highest BCUT2D eigenvalue weighted by Gasteiger charge is 2.65. The predicted molar refractivity (Wildman–Crippen MR) is 121 cm³/mol. The van der Waals surface area contributed by atoms with Gasteiger partial charge in [-0.1, -0.05) is 6.92 Å². The summed E-state index contributed by atoms with van der Waals surface area (Å²) in [5, 5.41) is 0. The minimum absolute atomic E-state index is 0.271. The van der Waals surface area contributed by atoms with Gasteiger partial charge in [-0.2, -0.15) is 26.3 Å². The normalized spacial score (nSPS) is 35.7. The van der Waals surface area contributed by atoms with E-state index in [4.69, 9.17) is 28.4 Å². The maximum Gasteiger partial charge on any atom is 0.434 e. The summed E-state index contributed by atoms with van der Waals surface area (Å²) in [5.74, 6) is -4.90. The van der Waals surface area contributed by atoms with Crippen LogP contribution in [-0.4, -0.2) is 85.1 Å². The van der Waals surface area contributed by atoms with E-state index < -0.39 is 78.7 Å². The molecule has 3 saturated heterocycles. The second-order valence-electron chi connectivity index (χ2n) is 11.4. The Hall–Kier alpha value is -2.17. The lowest BCUT2D eigenvalue weighted by molar-refractivity contribution is -0.315. The van der Waals surface area contributed by atoms with E-state index in [-0.39, 0.29) is 18.2 Å². The molecule has 1 aliphatic carbocycles. The van der Waals surface area contributed by atoms with Crippen molar-refractivity contribution in [1.29, 1.82) is 0 Å². The summed E-state index contributed by atoms with van der Waals surface area (Å²) in [6.45, 7) is 6.62. The Labute approximate surface area is 231 Å². The van der Waals surface area contributed by atoms with Crippen molar-refractivity contribution in [2.24, 2.45) is 5.41 Å². The molecule has 41 heavy (non-hydrogen) atoms. The van der Waals surface area contributed by atoms with Crippen molar-refractivity contribution >= 4 is 17.9 Å². The number of ether oxygens (including phenoxy) is 7. The second kappa shape index (κ2) is 11.2. The molecule has 4 rings (SSSR count). The number of rotatable bonds is 8. The number of hydrogen-bond acceptors (Lipinski definition) is 10. The van der Waals surface area contributed by atoms with Crippen molar-refractivity contribution in [3.05, 3.63) is 0 Å². The summed E-state index contributed by atoms with van der Waals surface area (Å²) in [5.41, 5.74) is -0.594. The van der Waals surface area contributed by atoms with E-state index in [0.717, 1.165) is 6.92 Å². The first-order valence-corrected chi connectivity index (χ1v) is 13.2. The highest BCUT2D eigenvalue weighted by Crippen LogP contribution is 2.45. The number of hydrogen-bond donors (Lipinski definition) is 0. The third kappa shape index (κ3) is 6.91. The van der Waals surface area contributed by atoms with Gasteiger partial charge in [0.15, 0.2) is 30.4 Å². The van der Waals surface area contributed by atoms with Crippen molar-refractivity contribution in [3.8, 4) is 0 Å². The number of halogens is 6. The molecule has 3 heterocycles. The summed E-state index contributed by atoms with van der Waals surface area (Å²) in [4.78, 5) is 36.9. The van der Waals surface area contributed by atoms with Crippen LogP contribution in [0.3, 0.4) is 0 Å². The predicted octanol–water partition coefficient (Wildman–Crippen LogP) is 3.87. The molecule has 0 radical (unpaired) electrons. The Morgan fingerprint density at radius 2 is 1.54 bits per heavy atom. The highest BCUT2D eigenvalue weighted by atomic mass is 19.4. The van der Waals surface area contributed by atoms with Gasteiger partial charge in [0.1, 0.15) is 12.2 Å². The van der Waals surface area contributed by atoms with Crippen molar-refractivity contribution in [2.45, 2.75) is 133 Å². The van der Waals surface area contributed by atoms with Gasteiger partial charge in [-0.25, -0.2) is 4.79 Å². The molecule has 10 nitrogen and oxygen atoms in total. The molecular weight excluding hydrogens is 574 g/mol. The number of carbonyl (C=O) groups is 3. The van der Waals surface area contributed by atoms with Crippen LogP contribution in [0.2, 0.25) is 0 Å². The van der Waals surface area contributed by atoms with Crippen LogP contribution in [0.1, 0.15) is 66.2 Å². The Morgan fingerprint density at radius 3 is 2.10 bits per heavy atom. The van der Waals surface area contributed by atoms with E-state index in [9.17, 15) is 40.7 Å². The maximum absolute atomic E-state index is 12.7. The summed E-state index contributed by atoms with van der Waals surface area (Å²) in [6, 6.07) is 0. The zero-order valence-corrected chi connectivity index (χ0v) is 22.7. The van der Waals surface area contributed by atoms with Gasteiger partial charge >= 0.3 is 30.3 Å².